The Labute approximate surface area is 99.2 Å². The molecule has 2 rings (SSSR count). The van der Waals surface area contributed by atoms with Crippen LogP contribution in [0.3, 0.4) is 0 Å². The van der Waals surface area contributed by atoms with Crippen LogP contribution in [0.25, 0.3) is 0 Å². The van der Waals surface area contributed by atoms with Crippen molar-refractivity contribution in [2.24, 2.45) is 0 Å². The van der Waals surface area contributed by atoms with Crippen LogP contribution >= 0.6 is 0 Å². The van der Waals surface area contributed by atoms with Crippen molar-refractivity contribution in [3.63, 3.8) is 0 Å². The van der Waals surface area contributed by atoms with Crippen molar-refractivity contribution in [3.8, 4) is 5.75 Å². The molecular weight excluding hydrogens is 223 g/mol. The molecule has 1 aromatic carbocycles. The molecule has 2 N–H and O–H groups in total. The van der Waals surface area contributed by atoms with Crippen LogP contribution in [0, 0.1) is 5.82 Å². The second kappa shape index (κ2) is 5.14. The monoisotopic (exact) mass is 238 g/mol. The molecular formula is C12H15FN2O2. The number of rotatable bonds is 3. The molecule has 1 atom stereocenters. The lowest BCUT2D eigenvalue weighted by Crippen LogP contribution is -2.35. The Balaban J connectivity index is 2.09. The van der Waals surface area contributed by atoms with Crippen LogP contribution in [0.15, 0.2) is 18.2 Å². The Kier molecular flexibility index (Phi) is 3.58. The van der Waals surface area contributed by atoms with E-state index in [0.29, 0.717) is 5.75 Å². The number of nitrogens with one attached hydrogen (secondary N) is 2. The highest BCUT2D eigenvalue weighted by atomic mass is 19.1. The number of anilines is 1. The fourth-order valence-corrected chi connectivity index (χ4v) is 1.86. The molecule has 0 aliphatic carbocycles. The summed E-state index contributed by atoms with van der Waals surface area (Å²) in [6.45, 7) is 0.832. The van der Waals surface area contributed by atoms with E-state index in [1.807, 2.05) is 0 Å². The Morgan fingerprint density at radius 2 is 2.41 bits per heavy atom. The summed E-state index contributed by atoms with van der Waals surface area (Å²) < 4.78 is 18.4. The van der Waals surface area contributed by atoms with Crippen LogP contribution < -0.4 is 15.4 Å². The first-order valence-corrected chi connectivity index (χ1v) is 5.58. The second-order valence-electron chi connectivity index (χ2n) is 3.98. The molecule has 1 saturated heterocycles. The van der Waals surface area contributed by atoms with Gasteiger partial charge in [-0.1, -0.05) is 0 Å². The zero-order valence-electron chi connectivity index (χ0n) is 9.63. The minimum absolute atomic E-state index is 0.156. The average molecular weight is 238 g/mol. The van der Waals surface area contributed by atoms with E-state index in [0.717, 1.165) is 19.4 Å². The largest absolute Gasteiger partial charge is 0.497 e. The summed E-state index contributed by atoms with van der Waals surface area (Å²) in [7, 11) is 1.50. The number of methoxy groups -OCH3 is 1. The first-order valence-electron chi connectivity index (χ1n) is 5.58. The van der Waals surface area contributed by atoms with Gasteiger partial charge >= 0.3 is 0 Å². The van der Waals surface area contributed by atoms with E-state index < -0.39 is 5.82 Å². The zero-order chi connectivity index (χ0) is 12.3. The van der Waals surface area contributed by atoms with Gasteiger partial charge in [-0.2, -0.15) is 0 Å². The summed E-state index contributed by atoms with van der Waals surface area (Å²) in [6, 6.07) is 4.04. The molecule has 0 aromatic heterocycles. The van der Waals surface area contributed by atoms with E-state index in [9.17, 15) is 9.18 Å². The number of halogens is 1. The maximum Gasteiger partial charge on any atom is 0.241 e. The van der Waals surface area contributed by atoms with Crippen LogP contribution in [0.2, 0.25) is 0 Å². The molecule has 0 radical (unpaired) electrons. The molecule has 92 valence electrons. The van der Waals surface area contributed by atoms with Crippen molar-refractivity contribution in [1.29, 1.82) is 0 Å². The van der Waals surface area contributed by atoms with Gasteiger partial charge in [0, 0.05) is 6.07 Å². The summed E-state index contributed by atoms with van der Waals surface area (Å²) in [6.07, 6.45) is 1.76. The molecule has 0 bridgehead atoms. The van der Waals surface area contributed by atoms with E-state index in [-0.39, 0.29) is 17.6 Å². The second-order valence-corrected chi connectivity index (χ2v) is 3.98. The van der Waals surface area contributed by atoms with Gasteiger partial charge < -0.3 is 15.4 Å². The predicted molar refractivity (Wildman–Crippen MR) is 62.6 cm³/mol. The fraction of sp³-hybridized carbons (Fsp3) is 0.417. The Morgan fingerprint density at radius 3 is 3.06 bits per heavy atom. The minimum Gasteiger partial charge on any atom is -0.497 e. The number of ether oxygens (including phenoxy) is 1. The standard InChI is InChI=1S/C12H15FN2O2/c1-17-8-4-5-9(13)11(7-8)15-12(16)10-3-2-6-14-10/h4-5,7,10,14H,2-3,6H2,1H3,(H,15,16)/t10-/m1/s1. The number of carbonyl (C=O) groups is 1. The molecule has 5 heteroatoms. The van der Waals surface area contributed by atoms with Gasteiger partial charge in [0.1, 0.15) is 11.6 Å². The van der Waals surface area contributed by atoms with Gasteiger partial charge in [-0.3, -0.25) is 4.79 Å². The molecule has 0 saturated carbocycles. The quantitative estimate of drug-likeness (QED) is 0.839. The smallest absolute Gasteiger partial charge is 0.241 e. The van der Waals surface area contributed by atoms with Gasteiger partial charge in [-0.25, -0.2) is 4.39 Å². The maximum absolute atomic E-state index is 13.5. The van der Waals surface area contributed by atoms with Gasteiger partial charge in [-0.15, -0.1) is 0 Å². The number of hydrogen-bond donors (Lipinski definition) is 2. The third-order valence-electron chi connectivity index (χ3n) is 2.81. The molecule has 1 aromatic rings. The normalized spacial score (nSPS) is 19.1. The Hall–Kier alpha value is -1.62. The van der Waals surface area contributed by atoms with Crippen LogP contribution in [-0.4, -0.2) is 25.6 Å². The first-order chi connectivity index (χ1) is 8.20. The molecule has 1 fully saturated rings. The van der Waals surface area contributed by atoms with Crippen molar-refractivity contribution < 1.29 is 13.9 Å². The number of benzene rings is 1. The lowest BCUT2D eigenvalue weighted by Gasteiger charge is -2.12. The summed E-state index contributed by atoms with van der Waals surface area (Å²) in [5, 5.41) is 5.63. The van der Waals surface area contributed by atoms with Gasteiger partial charge in [0.25, 0.3) is 0 Å². The van der Waals surface area contributed by atoms with Crippen LogP contribution in [0.1, 0.15) is 12.8 Å². The summed E-state index contributed by atoms with van der Waals surface area (Å²) in [4.78, 5) is 11.8. The highest BCUT2D eigenvalue weighted by Gasteiger charge is 2.22. The number of amides is 1. The van der Waals surface area contributed by atoms with Crippen LogP contribution in [-0.2, 0) is 4.79 Å². The van der Waals surface area contributed by atoms with Gasteiger partial charge in [-0.05, 0) is 31.5 Å². The molecule has 17 heavy (non-hydrogen) atoms. The lowest BCUT2D eigenvalue weighted by molar-refractivity contribution is -0.117. The fourth-order valence-electron chi connectivity index (χ4n) is 1.86. The lowest BCUT2D eigenvalue weighted by atomic mass is 10.2. The van der Waals surface area contributed by atoms with Crippen molar-refractivity contribution in [2.45, 2.75) is 18.9 Å². The van der Waals surface area contributed by atoms with Crippen molar-refractivity contribution in [1.82, 2.24) is 5.32 Å². The van der Waals surface area contributed by atoms with Crippen molar-refractivity contribution >= 4 is 11.6 Å². The van der Waals surface area contributed by atoms with E-state index in [2.05, 4.69) is 10.6 Å². The third kappa shape index (κ3) is 2.74. The molecule has 1 heterocycles. The van der Waals surface area contributed by atoms with E-state index >= 15 is 0 Å². The molecule has 4 nitrogen and oxygen atoms in total. The molecule has 1 aliphatic rings. The van der Waals surface area contributed by atoms with Gasteiger partial charge in [0.15, 0.2) is 0 Å². The van der Waals surface area contributed by atoms with E-state index in [1.165, 1.54) is 25.3 Å². The third-order valence-corrected chi connectivity index (χ3v) is 2.81. The summed E-state index contributed by atoms with van der Waals surface area (Å²) >= 11 is 0. The van der Waals surface area contributed by atoms with Gasteiger partial charge in [0.05, 0.1) is 18.8 Å². The Morgan fingerprint density at radius 1 is 1.59 bits per heavy atom. The zero-order valence-corrected chi connectivity index (χ0v) is 9.63. The molecule has 1 aliphatic heterocycles. The maximum atomic E-state index is 13.5. The van der Waals surface area contributed by atoms with Crippen LogP contribution in [0.4, 0.5) is 10.1 Å². The molecule has 0 unspecified atom stereocenters. The van der Waals surface area contributed by atoms with E-state index in [4.69, 9.17) is 4.74 Å². The highest BCUT2D eigenvalue weighted by Crippen LogP contribution is 2.21. The molecule has 0 spiro atoms. The average Bonchev–Trinajstić information content (AvgIpc) is 2.85. The van der Waals surface area contributed by atoms with Crippen molar-refractivity contribution in [2.75, 3.05) is 19.0 Å². The molecule has 1 amide bonds. The van der Waals surface area contributed by atoms with Gasteiger partial charge in [0.2, 0.25) is 5.91 Å². The number of carbonyl (C=O) groups excluding carboxylic acids is 1. The van der Waals surface area contributed by atoms with Crippen LogP contribution in [0.5, 0.6) is 5.75 Å². The summed E-state index contributed by atoms with van der Waals surface area (Å²) in [5.74, 6) is -0.145. The topological polar surface area (TPSA) is 50.4 Å². The highest BCUT2D eigenvalue weighted by molar-refractivity contribution is 5.95. The predicted octanol–water partition coefficient (Wildman–Crippen LogP) is 1.52. The summed E-state index contributed by atoms with van der Waals surface area (Å²) in [5.41, 5.74) is 0.156. The van der Waals surface area contributed by atoms with E-state index in [1.54, 1.807) is 0 Å². The SMILES string of the molecule is COc1ccc(F)c(NC(=O)[C@H]2CCCN2)c1. The van der Waals surface area contributed by atoms with Crippen molar-refractivity contribution in [3.05, 3.63) is 24.0 Å². The minimum atomic E-state index is -0.461. The number of hydrogen-bond acceptors (Lipinski definition) is 3. The Bertz CT molecular complexity index is 417. The first kappa shape index (κ1) is 11.9.